The standard InChI is InChI=1S/C22H25NO2/c1-4-12-23(14-18-8-6-5-7-9-18)15-19-13-21(24)25-22-17(3)16(2)10-11-20(19)22/h5-11,13H,4,12,14-15H2,1-3H3. The van der Waals surface area contributed by atoms with Crippen molar-refractivity contribution in [2.24, 2.45) is 0 Å². The Bertz CT molecular complexity index is 912. The lowest BCUT2D eigenvalue weighted by atomic mass is 10.0. The summed E-state index contributed by atoms with van der Waals surface area (Å²) in [6.07, 6.45) is 1.07. The minimum absolute atomic E-state index is 0.271. The molecule has 1 aromatic heterocycles. The molecule has 3 rings (SSSR count). The lowest BCUT2D eigenvalue weighted by Gasteiger charge is -2.22. The number of rotatable bonds is 6. The summed E-state index contributed by atoms with van der Waals surface area (Å²) in [7, 11) is 0. The van der Waals surface area contributed by atoms with Crippen molar-refractivity contribution in [1.82, 2.24) is 4.90 Å². The Morgan fingerprint density at radius 1 is 1.00 bits per heavy atom. The van der Waals surface area contributed by atoms with Gasteiger partial charge in [-0.25, -0.2) is 4.79 Å². The summed E-state index contributed by atoms with van der Waals surface area (Å²) in [5.74, 6) is 0. The minimum atomic E-state index is -0.271. The van der Waals surface area contributed by atoms with Crippen molar-refractivity contribution in [3.05, 3.63) is 81.2 Å². The zero-order valence-corrected chi connectivity index (χ0v) is 15.2. The van der Waals surface area contributed by atoms with Crippen LogP contribution in [0.4, 0.5) is 0 Å². The van der Waals surface area contributed by atoms with Gasteiger partial charge in [-0.3, -0.25) is 4.90 Å². The molecule has 0 fully saturated rings. The fourth-order valence-electron chi connectivity index (χ4n) is 3.27. The van der Waals surface area contributed by atoms with Crippen LogP contribution in [0.1, 0.15) is 35.6 Å². The van der Waals surface area contributed by atoms with Crippen molar-refractivity contribution >= 4 is 11.0 Å². The molecule has 130 valence electrons. The highest BCUT2D eigenvalue weighted by molar-refractivity contribution is 5.83. The van der Waals surface area contributed by atoms with E-state index >= 15 is 0 Å². The second kappa shape index (κ2) is 7.66. The molecular formula is C22H25NO2. The molecule has 0 aliphatic carbocycles. The third-order valence-corrected chi connectivity index (χ3v) is 4.70. The largest absolute Gasteiger partial charge is 0.422 e. The van der Waals surface area contributed by atoms with Gasteiger partial charge in [-0.05, 0) is 49.1 Å². The Kier molecular flexibility index (Phi) is 5.34. The number of fused-ring (bicyclic) bond motifs is 1. The molecule has 3 aromatic rings. The Hall–Kier alpha value is -2.39. The molecule has 0 aliphatic heterocycles. The van der Waals surface area contributed by atoms with Gasteiger partial charge in [-0.1, -0.05) is 49.4 Å². The van der Waals surface area contributed by atoms with Crippen molar-refractivity contribution in [3.8, 4) is 0 Å². The molecule has 0 aliphatic rings. The smallest absolute Gasteiger partial charge is 0.336 e. The van der Waals surface area contributed by atoms with Gasteiger partial charge in [-0.15, -0.1) is 0 Å². The maximum absolute atomic E-state index is 12.1. The van der Waals surface area contributed by atoms with Crippen LogP contribution in [0.25, 0.3) is 11.0 Å². The van der Waals surface area contributed by atoms with Crippen LogP contribution in [-0.4, -0.2) is 11.4 Å². The van der Waals surface area contributed by atoms with Crippen LogP contribution >= 0.6 is 0 Å². The fraction of sp³-hybridized carbons (Fsp3) is 0.318. The van der Waals surface area contributed by atoms with Gasteiger partial charge in [-0.2, -0.15) is 0 Å². The predicted octanol–water partition coefficient (Wildman–Crippen LogP) is 4.82. The zero-order chi connectivity index (χ0) is 17.8. The Balaban J connectivity index is 1.97. The number of hydrogen-bond acceptors (Lipinski definition) is 3. The average molecular weight is 335 g/mol. The van der Waals surface area contributed by atoms with Crippen LogP contribution in [0.5, 0.6) is 0 Å². The molecular weight excluding hydrogens is 310 g/mol. The van der Waals surface area contributed by atoms with Crippen LogP contribution in [0.3, 0.4) is 0 Å². The first kappa shape index (κ1) is 17.4. The van der Waals surface area contributed by atoms with E-state index in [-0.39, 0.29) is 5.63 Å². The van der Waals surface area contributed by atoms with E-state index in [0.29, 0.717) is 0 Å². The maximum Gasteiger partial charge on any atom is 0.336 e. The first-order valence-corrected chi connectivity index (χ1v) is 8.87. The van der Waals surface area contributed by atoms with E-state index in [1.807, 2.05) is 19.9 Å². The minimum Gasteiger partial charge on any atom is -0.422 e. The number of aryl methyl sites for hydroxylation is 2. The van der Waals surface area contributed by atoms with E-state index in [1.165, 1.54) is 5.56 Å². The molecule has 0 saturated carbocycles. The monoisotopic (exact) mass is 335 g/mol. The molecule has 0 saturated heterocycles. The van der Waals surface area contributed by atoms with Crippen molar-refractivity contribution in [2.75, 3.05) is 6.54 Å². The summed E-state index contributed by atoms with van der Waals surface area (Å²) in [5, 5.41) is 1.04. The SMILES string of the molecule is CCCN(Cc1ccccc1)Cc1cc(=O)oc2c(C)c(C)ccc12. The quantitative estimate of drug-likeness (QED) is 0.605. The van der Waals surface area contributed by atoms with Crippen LogP contribution < -0.4 is 5.63 Å². The second-order valence-electron chi connectivity index (χ2n) is 6.67. The van der Waals surface area contributed by atoms with Gasteiger partial charge >= 0.3 is 5.63 Å². The molecule has 0 N–H and O–H groups in total. The first-order valence-electron chi connectivity index (χ1n) is 8.87. The van der Waals surface area contributed by atoms with Crippen molar-refractivity contribution in [3.63, 3.8) is 0 Å². The zero-order valence-electron chi connectivity index (χ0n) is 15.2. The van der Waals surface area contributed by atoms with Crippen molar-refractivity contribution in [2.45, 2.75) is 40.3 Å². The van der Waals surface area contributed by atoms with E-state index in [1.54, 1.807) is 6.07 Å². The number of hydrogen-bond donors (Lipinski definition) is 0. The molecule has 0 spiro atoms. The molecule has 1 heterocycles. The third kappa shape index (κ3) is 3.99. The molecule has 3 nitrogen and oxygen atoms in total. The van der Waals surface area contributed by atoms with Gasteiger partial charge in [0.05, 0.1) is 0 Å². The van der Waals surface area contributed by atoms with Gasteiger partial charge in [0.2, 0.25) is 0 Å². The summed E-state index contributed by atoms with van der Waals surface area (Å²) in [6.45, 7) is 8.84. The normalized spacial score (nSPS) is 11.4. The van der Waals surface area contributed by atoms with Crippen LogP contribution in [-0.2, 0) is 13.1 Å². The first-order chi connectivity index (χ1) is 12.1. The highest BCUT2D eigenvalue weighted by Gasteiger charge is 2.13. The van der Waals surface area contributed by atoms with E-state index in [2.05, 4.69) is 48.2 Å². The highest BCUT2D eigenvalue weighted by Crippen LogP contribution is 2.24. The Labute approximate surface area is 148 Å². The van der Waals surface area contributed by atoms with Gasteiger partial charge in [0.15, 0.2) is 0 Å². The van der Waals surface area contributed by atoms with Crippen LogP contribution in [0.15, 0.2) is 57.7 Å². The van der Waals surface area contributed by atoms with E-state index in [0.717, 1.165) is 53.7 Å². The number of benzene rings is 2. The van der Waals surface area contributed by atoms with Gasteiger partial charge in [0.25, 0.3) is 0 Å². The summed E-state index contributed by atoms with van der Waals surface area (Å²) < 4.78 is 5.50. The lowest BCUT2D eigenvalue weighted by molar-refractivity contribution is 0.257. The van der Waals surface area contributed by atoms with Crippen molar-refractivity contribution in [1.29, 1.82) is 0 Å². The topological polar surface area (TPSA) is 33.5 Å². The summed E-state index contributed by atoms with van der Waals surface area (Å²) >= 11 is 0. The van der Waals surface area contributed by atoms with Gasteiger partial charge in [0.1, 0.15) is 5.58 Å². The molecule has 0 atom stereocenters. The molecule has 25 heavy (non-hydrogen) atoms. The van der Waals surface area contributed by atoms with Crippen LogP contribution in [0.2, 0.25) is 0 Å². The van der Waals surface area contributed by atoms with E-state index in [4.69, 9.17) is 4.42 Å². The average Bonchev–Trinajstić information content (AvgIpc) is 2.59. The lowest BCUT2D eigenvalue weighted by Crippen LogP contribution is -2.24. The molecule has 0 amide bonds. The highest BCUT2D eigenvalue weighted by atomic mass is 16.4. The molecule has 3 heteroatoms. The van der Waals surface area contributed by atoms with Gasteiger partial charge in [0, 0.05) is 24.5 Å². The van der Waals surface area contributed by atoms with Gasteiger partial charge < -0.3 is 4.42 Å². The summed E-state index contributed by atoms with van der Waals surface area (Å²) in [4.78, 5) is 14.5. The summed E-state index contributed by atoms with van der Waals surface area (Å²) in [5.41, 5.74) is 4.96. The molecule has 0 bridgehead atoms. The van der Waals surface area contributed by atoms with E-state index in [9.17, 15) is 4.79 Å². The fourth-order valence-corrected chi connectivity index (χ4v) is 3.27. The summed E-state index contributed by atoms with van der Waals surface area (Å²) in [6, 6.07) is 16.3. The van der Waals surface area contributed by atoms with Crippen LogP contribution in [0, 0.1) is 13.8 Å². The molecule has 0 radical (unpaired) electrons. The maximum atomic E-state index is 12.1. The second-order valence-corrected chi connectivity index (χ2v) is 6.67. The predicted molar refractivity (Wildman–Crippen MR) is 103 cm³/mol. The Morgan fingerprint density at radius 3 is 2.48 bits per heavy atom. The molecule has 2 aromatic carbocycles. The number of nitrogens with zero attached hydrogens (tertiary/aromatic N) is 1. The third-order valence-electron chi connectivity index (χ3n) is 4.70. The van der Waals surface area contributed by atoms with Crippen molar-refractivity contribution < 1.29 is 4.42 Å². The van der Waals surface area contributed by atoms with E-state index < -0.39 is 0 Å². The Morgan fingerprint density at radius 2 is 1.76 bits per heavy atom. The molecule has 0 unspecified atom stereocenters.